The van der Waals surface area contributed by atoms with Crippen LogP contribution in [0.3, 0.4) is 0 Å². The monoisotopic (exact) mass is 259 g/mol. The molecule has 0 fully saturated rings. The Balaban J connectivity index is 0.000000637. The standard InChI is InChI=1S/C14H15NO2.C2H6/c16-14(15-17)12-8-7-10-4-1-3-9-5-2-6-11(12)13(9)10;1-2/h2,5-6,10,12H,1,3-4,7-8H2;1-2H3. The largest absolute Gasteiger partial charge is 0.293 e. The number of carbonyl (C=O) groups excluding carboxylic acids is 1. The summed E-state index contributed by atoms with van der Waals surface area (Å²) < 4.78 is 0. The summed E-state index contributed by atoms with van der Waals surface area (Å²) in [5.41, 5.74) is 3.80. The molecule has 1 aromatic carbocycles. The molecule has 1 amide bonds. The van der Waals surface area contributed by atoms with Crippen molar-refractivity contribution in [3.63, 3.8) is 0 Å². The quantitative estimate of drug-likeness (QED) is 0.706. The average Bonchev–Trinajstić information content (AvgIpc) is 2.49. The van der Waals surface area contributed by atoms with E-state index in [-0.39, 0.29) is 5.92 Å². The Morgan fingerprint density at radius 3 is 2.74 bits per heavy atom. The first-order valence-electron chi connectivity index (χ1n) is 7.30. The van der Waals surface area contributed by atoms with Gasteiger partial charge in [0, 0.05) is 5.18 Å². The van der Waals surface area contributed by atoms with Crippen LogP contribution >= 0.6 is 0 Å². The topological polar surface area (TPSA) is 46.5 Å². The summed E-state index contributed by atoms with van der Waals surface area (Å²) in [6, 6.07) is 6.17. The lowest BCUT2D eigenvalue weighted by Gasteiger charge is -2.34. The lowest BCUT2D eigenvalue weighted by atomic mass is 9.70. The number of nitroso groups, excluding NO2 is 1. The van der Waals surface area contributed by atoms with Gasteiger partial charge in [-0.1, -0.05) is 32.0 Å². The molecule has 0 radical (unpaired) electrons. The molecule has 0 spiro atoms. The van der Waals surface area contributed by atoms with Gasteiger partial charge in [-0.25, -0.2) is 0 Å². The Morgan fingerprint density at radius 1 is 1.21 bits per heavy atom. The molecule has 0 bridgehead atoms. The predicted molar refractivity (Wildman–Crippen MR) is 76.2 cm³/mol. The van der Waals surface area contributed by atoms with Crippen LogP contribution in [0.2, 0.25) is 0 Å². The summed E-state index contributed by atoms with van der Waals surface area (Å²) in [5.74, 6) is -0.176. The Bertz CT molecular complexity index is 482. The van der Waals surface area contributed by atoms with Crippen molar-refractivity contribution in [3.05, 3.63) is 39.8 Å². The summed E-state index contributed by atoms with van der Waals surface area (Å²) in [4.78, 5) is 22.0. The highest BCUT2D eigenvalue weighted by atomic mass is 16.3. The summed E-state index contributed by atoms with van der Waals surface area (Å²) in [6.45, 7) is 4.00. The SMILES string of the molecule is CC.O=NC(=O)C1CCC2CCCc3cccc1c32. The molecule has 19 heavy (non-hydrogen) atoms. The second kappa shape index (κ2) is 6.09. The van der Waals surface area contributed by atoms with Crippen LogP contribution in [0.4, 0.5) is 0 Å². The third-order valence-corrected chi connectivity index (χ3v) is 4.20. The number of hydrogen-bond donors (Lipinski definition) is 0. The number of rotatable bonds is 1. The minimum Gasteiger partial charge on any atom is -0.268 e. The molecule has 0 aromatic heterocycles. The van der Waals surface area contributed by atoms with E-state index in [2.05, 4.69) is 11.2 Å². The third-order valence-electron chi connectivity index (χ3n) is 4.20. The van der Waals surface area contributed by atoms with E-state index >= 15 is 0 Å². The summed E-state index contributed by atoms with van der Waals surface area (Å²) in [6.07, 6.45) is 5.38. The number of carbonyl (C=O) groups is 1. The second-order valence-electron chi connectivity index (χ2n) is 5.07. The maximum absolute atomic E-state index is 11.6. The Labute approximate surface area is 114 Å². The van der Waals surface area contributed by atoms with Crippen molar-refractivity contribution in [2.75, 3.05) is 0 Å². The fourth-order valence-corrected chi connectivity index (χ4v) is 3.47. The molecule has 0 saturated carbocycles. The van der Waals surface area contributed by atoms with Crippen molar-refractivity contribution in [1.29, 1.82) is 0 Å². The van der Waals surface area contributed by atoms with Gasteiger partial charge in [0.05, 0.1) is 5.92 Å². The van der Waals surface area contributed by atoms with E-state index in [1.807, 2.05) is 26.0 Å². The van der Waals surface area contributed by atoms with Gasteiger partial charge in [-0.3, -0.25) is 4.79 Å². The zero-order valence-electron chi connectivity index (χ0n) is 11.7. The van der Waals surface area contributed by atoms with Gasteiger partial charge in [-0.2, -0.15) is 0 Å². The molecule has 0 aliphatic heterocycles. The van der Waals surface area contributed by atoms with Crippen LogP contribution in [0.25, 0.3) is 0 Å². The number of aryl methyl sites for hydroxylation is 1. The van der Waals surface area contributed by atoms with E-state index in [1.165, 1.54) is 24.0 Å². The third kappa shape index (κ3) is 2.46. The van der Waals surface area contributed by atoms with Crippen molar-refractivity contribution in [3.8, 4) is 0 Å². The first-order chi connectivity index (χ1) is 9.31. The van der Waals surface area contributed by atoms with E-state index in [9.17, 15) is 9.70 Å². The van der Waals surface area contributed by atoms with Crippen molar-refractivity contribution < 1.29 is 4.79 Å². The Hall–Kier alpha value is -1.51. The van der Waals surface area contributed by atoms with Gasteiger partial charge in [0.15, 0.2) is 0 Å². The maximum Gasteiger partial charge on any atom is 0.293 e. The molecular formula is C16H21NO2. The maximum atomic E-state index is 11.6. The van der Waals surface area contributed by atoms with E-state index in [4.69, 9.17) is 0 Å². The number of nitrogens with zero attached hydrogens (tertiary/aromatic N) is 1. The van der Waals surface area contributed by atoms with Crippen molar-refractivity contribution in [2.45, 2.75) is 57.8 Å². The molecule has 2 aliphatic carbocycles. The van der Waals surface area contributed by atoms with Crippen LogP contribution in [0.5, 0.6) is 0 Å². The van der Waals surface area contributed by atoms with Gasteiger partial charge in [-0.15, -0.1) is 4.91 Å². The second-order valence-corrected chi connectivity index (χ2v) is 5.07. The van der Waals surface area contributed by atoms with Gasteiger partial charge in [0.2, 0.25) is 0 Å². The van der Waals surface area contributed by atoms with E-state index < -0.39 is 5.91 Å². The number of hydrogen-bond acceptors (Lipinski definition) is 2. The number of benzene rings is 1. The summed E-state index contributed by atoms with van der Waals surface area (Å²) in [5, 5.41) is 2.62. The summed E-state index contributed by atoms with van der Waals surface area (Å²) >= 11 is 0. The molecule has 3 rings (SSSR count). The normalized spacial score (nSPS) is 23.7. The van der Waals surface area contributed by atoms with Crippen LogP contribution in [-0.2, 0) is 11.2 Å². The van der Waals surface area contributed by atoms with Gasteiger partial charge < -0.3 is 0 Å². The van der Waals surface area contributed by atoms with Gasteiger partial charge >= 0.3 is 0 Å². The van der Waals surface area contributed by atoms with Crippen molar-refractivity contribution in [2.24, 2.45) is 5.18 Å². The van der Waals surface area contributed by atoms with Crippen LogP contribution in [0, 0.1) is 4.91 Å². The van der Waals surface area contributed by atoms with Crippen LogP contribution in [-0.4, -0.2) is 5.91 Å². The average molecular weight is 259 g/mol. The minimum absolute atomic E-state index is 0.281. The molecule has 3 nitrogen and oxygen atoms in total. The van der Waals surface area contributed by atoms with E-state index in [0.29, 0.717) is 5.92 Å². The molecule has 2 aliphatic rings. The van der Waals surface area contributed by atoms with Gasteiger partial charge in [-0.05, 0) is 54.7 Å². The van der Waals surface area contributed by atoms with Gasteiger partial charge in [0.1, 0.15) is 0 Å². The highest BCUT2D eigenvalue weighted by Gasteiger charge is 2.34. The highest BCUT2D eigenvalue weighted by molar-refractivity contribution is 5.85. The molecule has 0 saturated heterocycles. The first-order valence-corrected chi connectivity index (χ1v) is 7.30. The minimum atomic E-state index is -0.498. The molecule has 3 heteroatoms. The lowest BCUT2D eigenvalue weighted by Crippen LogP contribution is -2.23. The highest BCUT2D eigenvalue weighted by Crippen LogP contribution is 2.45. The fraction of sp³-hybridized carbons (Fsp3) is 0.562. The van der Waals surface area contributed by atoms with Crippen LogP contribution < -0.4 is 0 Å². The van der Waals surface area contributed by atoms with Crippen LogP contribution in [0.15, 0.2) is 23.4 Å². The molecule has 2 atom stereocenters. The van der Waals surface area contributed by atoms with Gasteiger partial charge in [0.25, 0.3) is 5.91 Å². The first kappa shape index (κ1) is 13.9. The fourth-order valence-electron chi connectivity index (χ4n) is 3.47. The number of amides is 1. The lowest BCUT2D eigenvalue weighted by molar-refractivity contribution is -0.119. The molecule has 0 N–H and O–H groups in total. The molecule has 102 valence electrons. The predicted octanol–water partition coefficient (Wildman–Crippen LogP) is 4.30. The molecule has 1 aromatic rings. The Morgan fingerprint density at radius 2 is 2.00 bits per heavy atom. The van der Waals surface area contributed by atoms with Crippen LogP contribution in [0.1, 0.15) is 68.1 Å². The zero-order valence-corrected chi connectivity index (χ0v) is 11.7. The van der Waals surface area contributed by atoms with E-state index in [0.717, 1.165) is 24.8 Å². The zero-order chi connectivity index (χ0) is 13.8. The summed E-state index contributed by atoms with van der Waals surface area (Å²) in [7, 11) is 0. The van der Waals surface area contributed by atoms with Crippen molar-refractivity contribution in [1.82, 2.24) is 0 Å². The molecule has 0 heterocycles. The Kier molecular flexibility index (Phi) is 4.46. The smallest absolute Gasteiger partial charge is 0.268 e. The molecule has 2 unspecified atom stereocenters. The van der Waals surface area contributed by atoms with Crippen molar-refractivity contribution >= 4 is 5.91 Å². The molecular weight excluding hydrogens is 238 g/mol. The van der Waals surface area contributed by atoms with E-state index in [1.54, 1.807) is 0 Å².